The molecule has 3 rings (SSSR count). The van der Waals surface area contributed by atoms with Gasteiger partial charge in [-0.15, -0.1) is 12.4 Å². The number of nitrogens with zero attached hydrogens (tertiary/aromatic N) is 2. The maximum absolute atomic E-state index is 11.1. The lowest BCUT2D eigenvalue weighted by Gasteiger charge is -2.26. The van der Waals surface area contributed by atoms with E-state index in [2.05, 4.69) is 32.4 Å². The second kappa shape index (κ2) is 9.93. The maximum Gasteiger partial charge on any atom is 0.222 e. The highest BCUT2D eigenvalue weighted by atomic mass is 35.5. The van der Waals surface area contributed by atoms with Gasteiger partial charge in [0.25, 0.3) is 0 Å². The first-order valence-electron chi connectivity index (χ1n) is 8.96. The lowest BCUT2D eigenvalue weighted by Crippen LogP contribution is -2.29. The van der Waals surface area contributed by atoms with Crippen LogP contribution in [0.2, 0.25) is 0 Å². The first-order chi connectivity index (χ1) is 13.0. The molecule has 1 heterocycles. The van der Waals surface area contributed by atoms with Crippen LogP contribution < -0.4 is 16.4 Å². The topological polar surface area (TPSA) is 113 Å². The molecule has 1 aliphatic rings. The number of anilines is 3. The van der Waals surface area contributed by atoms with Crippen LogP contribution in [-0.4, -0.2) is 33.1 Å². The van der Waals surface area contributed by atoms with E-state index in [1.54, 1.807) is 18.3 Å². The highest BCUT2D eigenvalue weighted by molar-refractivity contribution is 5.88. The summed E-state index contributed by atoms with van der Waals surface area (Å²) in [7, 11) is 0. The standard InChI is InChI=1S/C20H23N5O2.ClH/c1-13(26)23-16-6-3-14(4-7-16)2-5-15-12-22-20(21)25-19(15)24-17-8-10-18(27)11-9-17;/h3-4,6-7,12,17-18,27H,8-11H2,1H3,(H,23,26)(H3,21,22,24,25);1H/t17-,18-;. The molecule has 7 nitrogen and oxygen atoms in total. The van der Waals surface area contributed by atoms with Crippen LogP contribution in [0.1, 0.15) is 43.7 Å². The summed E-state index contributed by atoms with van der Waals surface area (Å²) in [6.45, 7) is 1.47. The maximum atomic E-state index is 11.1. The van der Waals surface area contributed by atoms with Crippen LogP contribution in [0, 0.1) is 11.8 Å². The molecular formula is C20H24ClN5O2. The summed E-state index contributed by atoms with van der Waals surface area (Å²) in [4.78, 5) is 19.4. The van der Waals surface area contributed by atoms with Gasteiger partial charge in [0.2, 0.25) is 11.9 Å². The van der Waals surface area contributed by atoms with Crippen molar-refractivity contribution < 1.29 is 9.90 Å². The van der Waals surface area contributed by atoms with Gasteiger partial charge in [0, 0.05) is 24.2 Å². The molecule has 28 heavy (non-hydrogen) atoms. The molecule has 1 saturated carbocycles. The van der Waals surface area contributed by atoms with Crippen molar-refractivity contribution in [2.45, 2.75) is 44.8 Å². The van der Waals surface area contributed by atoms with Gasteiger partial charge in [-0.3, -0.25) is 4.79 Å². The van der Waals surface area contributed by atoms with E-state index < -0.39 is 0 Å². The Balaban J connectivity index is 0.00000280. The number of nitrogens with one attached hydrogen (secondary N) is 2. The van der Waals surface area contributed by atoms with Crippen molar-refractivity contribution in [2.75, 3.05) is 16.4 Å². The number of hydrogen-bond acceptors (Lipinski definition) is 6. The minimum atomic E-state index is -0.210. The fraction of sp³-hybridized carbons (Fsp3) is 0.350. The fourth-order valence-corrected chi connectivity index (χ4v) is 2.99. The Hall–Kier alpha value is -2.82. The molecule has 2 aromatic rings. The van der Waals surface area contributed by atoms with Gasteiger partial charge in [-0.05, 0) is 49.9 Å². The van der Waals surface area contributed by atoms with Crippen LogP contribution in [-0.2, 0) is 4.79 Å². The molecule has 5 N–H and O–H groups in total. The summed E-state index contributed by atoms with van der Waals surface area (Å²) >= 11 is 0. The second-order valence-electron chi connectivity index (χ2n) is 6.65. The number of benzene rings is 1. The number of carbonyl (C=O) groups excluding carboxylic acids is 1. The molecule has 1 aliphatic carbocycles. The average molecular weight is 402 g/mol. The van der Waals surface area contributed by atoms with Crippen molar-refractivity contribution >= 4 is 35.8 Å². The van der Waals surface area contributed by atoms with Gasteiger partial charge in [0.15, 0.2) is 0 Å². The zero-order valence-corrected chi connectivity index (χ0v) is 16.4. The second-order valence-corrected chi connectivity index (χ2v) is 6.65. The SMILES string of the molecule is CC(=O)Nc1ccc(C#Cc2cnc(N)nc2N[C@H]2CC[C@H](O)CC2)cc1.Cl. The van der Waals surface area contributed by atoms with Gasteiger partial charge in [0.05, 0.1) is 17.9 Å². The molecular weight excluding hydrogens is 378 g/mol. The van der Waals surface area contributed by atoms with Crippen LogP contribution in [0.15, 0.2) is 30.5 Å². The molecule has 8 heteroatoms. The third-order valence-electron chi connectivity index (χ3n) is 4.39. The summed E-state index contributed by atoms with van der Waals surface area (Å²) < 4.78 is 0. The number of aliphatic hydroxyl groups is 1. The van der Waals surface area contributed by atoms with Crippen molar-refractivity contribution in [3.63, 3.8) is 0 Å². The Labute approximate surface area is 170 Å². The van der Waals surface area contributed by atoms with Gasteiger partial charge in [0.1, 0.15) is 5.82 Å². The number of halogens is 1. The molecule has 0 atom stereocenters. The van der Waals surface area contributed by atoms with E-state index >= 15 is 0 Å². The predicted octanol–water partition coefficient (Wildman–Crippen LogP) is 2.55. The van der Waals surface area contributed by atoms with Crippen molar-refractivity contribution in [1.29, 1.82) is 0 Å². The zero-order chi connectivity index (χ0) is 19.2. The van der Waals surface area contributed by atoms with E-state index in [0.29, 0.717) is 11.4 Å². The first kappa shape index (κ1) is 21.5. The first-order valence-corrected chi connectivity index (χ1v) is 8.96. The minimum Gasteiger partial charge on any atom is -0.393 e. The molecule has 1 fully saturated rings. The summed E-state index contributed by atoms with van der Waals surface area (Å²) in [5, 5.41) is 15.8. The Morgan fingerprint density at radius 2 is 1.86 bits per heavy atom. The van der Waals surface area contributed by atoms with E-state index in [1.807, 2.05) is 12.1 Å². The van der Waals surface area contributed by atoms with Crippen molar-refractivity contribution in [2.24, 2.45) is 0 Å². The van der Waals surface area contributed by atoms with E-state index in [9.17, 15) is 9.90 Å². The van der Waals surface area contributed by atoms with Gasteiger partial charge in [-0.1, -0.05) is 11.8 Å². The summed E-state index contributed by atoms with van der Waals surface area (Å²) in [6, 6.07) is 7.52. The van der Waals surface area contributed by atoms with Crippen molar-refractivity contribution in [1.82, 2.24) is 9.97 Å². The van der Waals surface area contributed by atoms with E-state index in [1.165, 1.54) is 6.92 Å². The number of nitrogen functional groups attached to an aromatic ring is 1. The van der Waals surface area contributed by atoms with E-state index in [-0.39, 0.29) is 36.4 Å². The molecule has 0 aliphatic heterocycles. The third-order valence-corrected chi connectivity index (χ3v) is 4.39. The van der Waals surface area contributed by atoms with Crippen LogP contribution in [0.3, 0.4) is 0 Å². The van der Waals surface area contributed by atoms with Crippen LogP contribution in [0.4, 0.5) is 17.5 Å². The number of nitrogens with two attached hydrogens (primary N) is 1. The number of amides is 1. The molecule has 0 saturated heterocycles. The zero-order valence-electron chi connectivity index (χ0n) is 15.6. The Kier molecular flexibility index (Phi) is 7.61. The fourth-order valence-electron chi connectivity index (χ4n) is 2.99. The molecule has 1 aromatic carbocycles. The Morgan fingerprint density at radius 1 is 1.18 bits per heavy atom. The smallest absolute Gasteiger partial charge is 0.222 e. The third kappa shape index (κ3) is 6.12. The van der Waals surface area contributed by atoms with E-state index in [4.69, 9.17) is 5.73 Å². The van der Waals surface area contributed by atoms with E-state index in [0.717, 1.165) is 36.9 Å². The number of aliphatic hydroxyl groups excluding tert-OH is 1. The van der Waals surface area contributed by atoms with Gasteiger partial charge in [-0.2, -0.15) is 4.98 Å². The molecule has 148 valence electrons. The highest BCUT2D eigenvalue weighted by Gasteiger charge is 2.20. The molecule has 0 bridgehead atoms. The Morgan fingerprint density at radius 3 is 2.50 bits per heavy atom. The largest absolute Gasteiger partial charge is 0.393 e. The summed E-state index contributed by atoms with van der Waals surface area (Å²) in [5.41, 5.74) is 7.94. The lowest BCUT2D eigenvalue weighted by atomic mass is 9.93. The minimum absolute atomic E-state index is 0. The molecule has 0 spiro atoms. The molecule has 0 radical (unpaired) electrons. The Bertz CT molecular complexity index is 868. The molecule has 1 amide bonds. The monoisotopic (exact) mass is 401 g/mol. The van der Waals surface area contributed by atoms with Crippen LogP contribution >= 0.6 is 12.4 Å². The number of rotatable bonds is 3. The average Bonchev–Trinajstić information content (AvgIpc) is 2.64. The molecule has 0 unspecified atom stereocenters. The van der Waals surface area contributed by atoms with Gasteiger partial charge >= 0.3 is 0 Å². The van der Waals surface area contributed by atoms with Crippen molar-refractivity contribution in [3.05, 3.63) is 41.6 Å². The molecule has 1 aromatic heterocycles. The number of aromatic nitrogens is 2. The van der Waals surface area contributed by atoms with Crippen LogP contribution in [0.5, 0.6) is 0 Å². The van der Waals surface area contributed by atoms with Crippen molar-refractivity contribution in [3.8, 4) is 11.8 Å². The summed E-state index contributed by atoms with van der Waals surface area (Å²) in [6.07, 6.45) is 4.71. The van der Waals surface area contributed by atoms with Crippen LogP contribution in [0.25, 0.3) is 0 Å². The van der Waals surface area contributed by atoms with Gasteiger partial charge in [-0.25, -0.2) is 4.98 Å². The van der Waals surface area contributed by atoms with Gasteiger partial charge < -0.3 is 21.5 Å². The normalized spacial score (nSPS) is 18.2. The number of carbonyl (C=O) groups is 1. The highest BCUT2D eigenvalue weighted by Crippen LogP contribution is 2.23. The quantitative estimate of drug-likeness (QED) is 0.588. The lowest BCUT2D eigenvalue weighted by molar-refractivity contribution is -0.114. The predicted molar refractivity (Wildman–Crippen MR) is 112 cm³/mol. The summed E-state index contributed by atoms with van der Waals surface area (Å²) in [5.74, 6) is 6.87. The number of hydrogen-bond donors (Lipinski definition) is 4.